The number of carbonyl (C=O) groups excluding carboxylic acids is 1. The lowest BCUT2D eigenvalue weighted by Crippen LogP contribution is -2.37. The molecule has 1 heterocycles. The first kappa shape index (κ1) is 20.1. The third kappa shape index (κ3) is 5.42. The van der Waals surface area contributed by atoms with Crippen molar-refractivity contribution in [3.8, 4) is 0 Å². The van der Waals surface area contributed by atoms with Crippen LogP contribution in [0.3, 0.4) is 0 Å². The number of carboxylic acids is 1. The van der Waals surface area contributed by atoms with E-state index in [0.717, 1.165) is 43.6 Å². The molecule has 1 amide bonds. The fraction of sp³-hybridized carbons (Fsp3) is 0.391. The van der Waals surface area contributed by atoms with E-state index in [-0.39, 0.29) is 18.4 Å². The Hall–Kier alpha value is -2.66. The first-order valence-corrected chi connectivity index (χ1v) is 9.95. The smallest absolute Gasteiger partial charge is 0.303 e. The Balaban J connectivity index is 1.64. The van der Waals surface area contributed by atoms with Crippen molar-refractivity contribution in [3.63, 3.8) is 0 Å². The highest BCUT2D eigenvalue weighted by atomic mass is 16.4. The van der Waals surface area contributed by atoms with E-state index in [2.05, 4.69) is 23.2 Å². The zero-order chi connectivity index (χ0) is 19.9. The Bertz CT molecular complexity index is 807. The van der Waals surface area contributed by atoms with Crippen molar-refractivity contribution in [3.05, 3.63) is 65.7 Å². The van der Waals surface area contributed by atoms with Gasteiger partial charge in [0.05, 0.1) is 0 Å². The van der Waals surface area contributed by atoms with E-state index in [1.807, 2.05) is 36.4 Å². The van der Waals surface area contributed by atoms with E-state index in [1.165, 1.54) is 0 Å². The van der Waals surface area contributed by atoms with Gasteiger partial charge in [0.25, 0.3) is 5.91 Å². The number of likely N-dealkylation sites (tertiary alicyclic amines) is 1. The van der Waals surface area contributed by atoms with Gasteiger partial charge in [-0.25, -0.2) is 0 Å². The Morgan fingerprint density at radius 2 is 1.96 bits per heavy atom. The Labute approximate surface area is 166 Å². The van der Waals surface area contributed by atoms with Crippen LogP contribution in [0.25, 0.3) is 0 Å². The van der Waals surface area contributed by atoms with E-state index < -0.39 is 5.97 Å². The molecule has 1 fully saturated rings. The van der Waals surface area contributed by atoms with Crippen LogP contribution >= 0.6 is 0 Å². The summed E-state index contributed by atoms with van der Waals surface area (Å²) in [6, 6.07) is 17.4. The van der Waals surface area contributed by atoms with Crippen molar-refractivity contribution in [1.29, 1.82) is 0 Å². The fourth-order valence-corrected chi connectivity index (χ4v) is 3.89. The van der Waals surface area contributed by atoms with Gasteiger partial charge in [0.2, 0.25) is 0 Å². The molecule has 2 unspecified atom stereocenters. The van der Waals surface area contributed by atoms with Crippen LogP contribution in [-0.2, 0) is 4.79 Å². The quantitative estimate of drug-likeness (QED) is 0.738. The van der Waals surface area contributed by atoms with Crippen molar-refractivity contribution >= 4 is 17.6 Å². The SMILES string of the molecule is CC(c1cccc(NC(=O)c2ccccc2)c1)N1CCCC(CCC(=O)O)C1. The number of hydrogen-bond donors (Lipinski definition) is 2. The van der Waals surface area contributed by atoms with Crippen LogP contribution in [0.15, 0.2) is 54.6 Å². The van der Waals surface area contributed by atoms with Gasteiger partial charge in [-0.2, -0.15) is 0 Å². The molecule has 2 N–H and O–H groups in total. The van der Waals surface area contributed by atoms with Crippen LogP contribution in [0.5, 0.6) is 0 Å². The van der Waals surface area contributed by atoms with Gasteiger partial charge in [-0.1, -0.05) is 30.3 Å². The maximum Gasteiger partial charge on any atom is 0.303 e. The van der Waals surface area contributed by atoms with Crippen LogP contribution in [0, 0.1) is 5.92 Å². The second-order valence-corrected chi connectivity index (χ2v) is 7.56. The predicted molar refractivity (Wildman–Crippen MR) is 110 cm³/mol. The molecule has 1 aliphatic heterocycles. The Morgan fingerprint density at radius 1 is 1.18 bits per heavy atom. The minimum Gasteiger partial charge on any atom is -0.481 e. The van der Waals surface area contributed by atoms with Gasteiger partial charge in [0, 0.05) is 30.3 Å². The van der Waals surface area contributed by atoms with Gasteiger partial charge in [0.1, 0.15) is 0 Å². The fourth-order valence-electron chi connectivity index (χ4n) is 3.89. The molecule has 2 aromatic carbocycles. The van der Waals surface area contributed by atoms with Crippen LogP contribution in [0.1, 0.15) is 54.6 Å². The number of benzene rings is 2. The van der Waals surface area contributed by atoms with Gasteiger partial charge in [-0.05, 0) is 68.5 Å². The summed E-state index contributed by atoms with van der Waals surface area (Å²) in [5.41, 5.74) is 2.58. The largest absolute Gasteiger partial charge is 0.481 e. The summed E-state index contributed by atoms with van der Waals surface area (Å²) in [6.45, 7) is 4.12. The molecular weight excluding hydrogens is 352 g/mol. The summed E-state index contributed by atoms with van der Waals surface area (Å²) in [7, 11) is 0. The Kier molecular flexibility index (Phi) is 6.82. The van der Waals surface area contributed by atoms with E-state index in [1.54, 1.807) is 12.1 Å². The molecule has 0 radical (unpaired) electrons. The van der Waals surface area contributed by atoms with Crippen molar-refractivity contribution in [1.82, 2.24) is 4.90 Å². The van der Waals surface area contributed by atoms with E-state index >= 15 is 0 Å². The molecule has 1 saturated heterocycles. The second-order valence-electron chi connectivity index (χ2n) is 7.56. The summed E-state index contributed by atoms with van der Waals surface area (Å²) in [6.07, 6.45) is 3.18. The molecule has 0 aromatic heterocycles. The number of nitrogens with one attached hydrogen (secondary N) is 1. The first-order valence-electron chi connectivity index (χ1n) is 9.95. The van der Waals surface area contributed by atoms with E-state index in [9.17, 15) is 9.59 Å². The zero-order valence-corrected chi connectivity index (χ0v) is 16.3. The summed E-state index contributed by atoms with van der Waals surface area (Å²) >= 11 is 0. The molecule has 5 nitrogen and oxygen atoms in total. The number of aliphatic carboxylic acids is 1. The lowest BCUT2D eigenvalue weighted by molar-refractivity contribution is -0.137. The van der Waals surface area contributed by atoms with Crippen molar-refractivity contribution < 1.29 is 14.7 Å². The molecule has 0 aliphatic carbocycles. The number of anilines is 1. The number of rotatable bonds is 7. The van der Waals surface area contributed by atoms with Gasteiger partial charge < -0.3 is 10.4 Å². The summed E-state index contributed by atoms with van der Waals surface area (Å²) < 4.78 is 0. The van der Waals surface area contributed by atoms with Gasteiger partial charge in [0.15, 0.2) is 0 Å². The zero-order valence-electron chi connectivity index (χ0n) is 16.3. The first-order chi connectivity index (χ1) is 13.5. The number of carboxylic acid groups (broad SMARTS) is 1. The predicted octanol–water partition coefficient (Wildman–Crippen LogP) is 4.58. The third-order valence-electron chi connectivity index (χ3n) is 5.53. The number of carbonyl (C=O) groups is 2. The maximum atomic E-state index is 12.4. The average Bonchev–Trinajstić information content (AvgIpc) is 2.72. The second kappa shape index (κ2) is 9.51. The van der Waals surface area contributed by atoms with Gasteiger partial charge in [-0.3, -0.25) is 14.5 Å². The molecule has 0 saturated carbocycles. The van der Waals surface area contributed by atoms with E-state index in [4.69, 9.17) is 5.11 Å². The third-order valence-corrected chi connectivity index (χ3v) is 5.53. The average molecular weight is 380 g/mol. The molecule has 5 heteroatoms. The van der Waals surface area contributed by atoms with Crippen LogP contribution in [0.2, 0.25) is 0 Å². The minimum atomic E-state index is -0.716. The number of hydrogen-bond acceptors (Lipinski definition) is 3. The molecule has 28 heavy (non-hydrogen) atoms. The van der Waals surface area contributed by atoms with Gasteiger partial charge >= 0.3 is 5.97 Å². The maximum absolute atomic E-state index is 12.4. The molecule has 0 spiro atoms. The molecular formula is C23H28N2O3. The topological polar surface area (TPSA) is 69.6 Å². The van der Waals surface area contributed by atoms with Crippen LogP contribution < -0.4 is 5.32 Å². The molecule has 2 atom stereocenters. The van der Waals surface area contributed by atoms with Crippen molar-refractivity contribution in [2.45, 2.75) is 38.6 Å². The van der Waals surface area contributed by atoms with Crippen LogP contribution in [0.4, 0.5) is 5.69 Å². The molecule has 0 bridgehead atoms. The molecule has 2 aromatic rings. The minimum absolute atomic E-state index is 0.114. The lowest BCUT2D eigenvalue weighted by atomic mass is 9.91. The Morgan fingerprint density at radius 3 is 2.71 bits per heavy atom. The normalized spacial score (nSPS) is 18.4. The summed E-state index contributed by atoms with van der Waals surface area (Å²) in [5.74, 6) is -0.391. The molecule has 3 rings (SSSR count). The highest BCUT2D eigenvalue weighted by Crippen LogP contribution is 2.29. The molecule has 148 valence electrons. The van der Waals surface area contributed by atoms with Crippen LogP contribution in [-0.4, -0.2) is 35.0 Å². The van der Waals surface area contributed by atoms with E-state index in [0.29, 0.717) is 11.5 Å². The van der Waals surface area contributed by atoms with Crippen molar-refractivity contribution in [2.75, 3.05) is 18.4 Å². The monoisotopic (exact) mass is 380 g/mol. The number of amides is 1. The van der Waals surface area contributed by atoms with Gasteiger partial charge in [-0.15, -0.1) is 0 Å². The summed E-state index contributed by atoms with van der Waals surface area (Å²) in [5, 5.41) is 11.9. The standard InChI is InChI=1S/C23H28N2O3/c1-17(25-14-6-7-18(16-25)12-13-22(26)27)20-10-5-11-21(15-20)24-23(28)19-8-3-2-4-9-19/h2-5,8-11,15,17-18H,6-7,12-14,16H2,1H3,(H,24,28)(H,26,27). The van der Waals surface area contributed by atoms with Crippen molar-refractivity contribution in [2.24, 2.45) is 5.92 Å². The lowest BCUT2D eigenvalue weighted by Gasteiger charge is -2.37. The highest BCUT2D eigenvalue weighted by Gasteiger charge is 2.25. The summed E-state index contributed by atoms with van der Waals surface area (Å²) in [4.78, 5) is 25.7. The number of nitrogens with zero attached hydrogens (tertiary/aromatic N) is 1. The highest BCUT2D eigenvalue weighted by molar-refractivity contribution is 6.04. The number of piperidine rings is 1. The molecule has 1 aliphatic rings.